The third kappa shape index (κ3) is 6.09. The van der Waals surface area contributed by atoms with Gasteiger partial charge in [-0.3, -0.25) is 43.9 Å². The topological polar surface area (TPSA) is 157 Å². The minimum absolute atomic E-state index is 0.0523. The normalized spacial score (nSPS) is 14.4. The third-order valence-electron chi connectivity index (χ3n) is 10.1. The highest BCUT2D eigenvalue weighted by Crippen LogP contribution is 2.35. The lowest BCUT2D eigenvalue weighted by Gasteiger charge is -2.19. The van der Waals surface area contributed by atoms with E-state index >= 15 is 0 Å². The summed E-state index contributed by atoms with van der Waals surface area (Å²) in [5.74, 6) is 4.80. The molecule has 1 saturated heterocycles. The second-order valence-corrected chi connectivity index (χ2v) is 13.9. The zero-order valence-electron chi connectivity index (χ0n) is 30.2. The van der Waals surface area contributed by atoms with Crippen molar-refractivity contribution < 1.29 is 14.4 Å². The van der Waals surface area contributed by atoms with Crippen molar-refractivity contribution in [3.8, 4) is 34.2 Å². The summed E-state index contributed by atoms with van der Waals surface area (Å²) in [6.07, 6.45) is 4.18. The van der Waals surface area contributed by atoms with Gasteiger partial charge < -0.3 is 5.32 Å². The molecule has 0 saturated carbocycles. The van der Waals surface area contributed by atoms with Crippen LogP contribution in [0.15, 0.2) is 83.9 Å². The number of amides is 3. The molecule has 12 heteroatoms. The number of carbonyl (C=O) groups is 3. The number of aromatic amines is 1. The van der Waals surface area contributed by atoms with E-state index in [0.717, 1.165) is 55.1 Å². The lowest BCUT2D eigenvalue weighted by Crippen LogP contribution is -2.39. The number of aryl methyl sites for hydroxylation is 2. The molecule has 4 aromatic heterocycles. The molecule has 1 aliphatic heterocycles. The zero-order valence-corrected chi connectivity index (χ0v) is 30.2. The largest absolute Gasteiger partial charge is 0.340 e. The Morgan fingerprint density at radius 2 is 1.80 bits per heavy atom. The van der Waals surface area contributed by atoms with Crippen molar-refractivity contribution in [2.24, 2.45) is 14.1 Å². The molecule has 5 heterocycles. The second kappa shape index (κ2) is 13.6. The first-order chi connectivity index (χ1) is 26.1. The van der Waals surface area contributed by atoms with Crippen molar-refractivity contribution in [3.05, 3.63) is 112 Å². The Bertz CT molecular complexity index is 2800. The number of nitrogens with zero attached hydrogens (tertiary/aromatic N) is 5. The predicted molar refractivity (Wildman–Crippen MR) is 207 cm³/mol. The van der Waals surface area contributed by atoms with E-state index < -0.39 is 5.92 Å². The average molecular weight is 717 g/mol. The van der Waals surface area contributed by atoms with Gasteiger partial charge in [0.15, 0.2) is 0 Å². The van der Waals surface area contributed by atoms with Crippen LogP contribution in [0.5, 0.6) is 0 Å². The van der Waals surface area contributed by atoms with Gasteiger partial charge >= 0.3 is 5.69 Å². The van der Waals surface area contributed by atoms with Crippen molar-refractivity contribution >= 4 is 50.4 Å². The third-order valence-corrected chi connectivity index (χ3v) is 10.1. The van der Waals surface area contributed by atoms with Gasteiger partial charge in [0, 0.05) is 54.8 Å². The minimum atomic E-state index is -0.488. The van der Waals surface area contributed by atoms with Crippen LogP contribution < -0.4 is 16.3 Å². The summed E-state index contributed by atoms with van der Waals surface area (Å²) < 4.78 is 3.42. The number of aromatic nitrogens is 6. The molecule has 0 bridgehead atoms. The fourth-order valence-corrected chi connectivity index (χ4v) is 7.25. The molecule has 3 aromatic carbocycles. The lowest BCUT2D eigenvalue weighted by atomic mass is 9.92. The SMILES string of the molecule is CC(C)c1cc(-c2cccc3cc(-c4ccc(C(=O)NCC#Cc5ccc6n[nH]c(C7CCC(=O)NC7=O)c6c5)nc4)ncc23)cc2c1n(C)c(=O)n2C. The predicted octanol–water partition coefficient (Wildman–Crippen LogP) is 5.46. The highest BCUT2D eigenvalue weighted by atomic mass is 16.2. The molecule has 3 amide bonds. The standard InChI is InChI=1S/C42H36N8O4/c1-23(2)30-18-27(20-36-39(30)50(4)42(54)49(36)3)28-9-5-8-25-19-35(45-22-32(25)28)26-11-14-34(44-21-26)41(53)43-16-6-7-24-10-13-33-31(17-24)38(48-47-33)29-12-15-37(51)46-40(29)52/h5,8-11,13-14,17-23,29H,12,15-16H2,1-4H3,(H,43,53)(H,47,48)(H,46,51,52). The Morgan fingerprint density at radius 1 is 0.944 bits per heavy atom. The summed E-state index contributed by atoms with van der Waals surface area (Å²) in [7, 11) is 3.62. The van der Waals surface area contributed by atoms with E-state index in [0.29, 0.717) is 23.2 Å². The Labute approximate surface area is 309 Å². The maximum atomic E-state index is 12.9. The number of imide groups is 1. The van der Waals surface area contributed by atoms with Crippen molar-refractivity contribution in [2.45, 2.75) is 38.5 Å². The highest BCUT2D eigenvalue weighted by Gasteiger charge is 2.30. The van der Waals surface area contributed by atoms with Crippen molar-refractivity contribution in [1.29, 1.82) is 0 Å². The van der Waals surface area contributed by atoms with E-state index in [1.54, 1.807) is 28.4 Å². The number of pyridine rings is 2. The van der Waals surface area contributed by atoms with E-state index in [4.69, 9.17) is 4.98 Å². The number of benzene rings is 3. The molecule has 7 aromatic rings. The molecule has 3 N–H and O–H groups in total. The number of piperidine rings is 1. The summed E-state index contributed by atoms with van der Waals surface area (Å²) in [5, 5.41) is 15.2. The summed E-state index contributed by atoms with van der Waals surface area (Å²) in [6.45, 7) is 4.38. The van der Waals surface area contributed by atoms with Crippen LogP contribution in [0.3, 0.4) is 0 Å². The molecule has 8 rings (SSSR count). The van der Waals surface area contributed by atoms with Gasteiger partial charge in [0.2, 0.25) is 11.8 Å². The van der Waals surface area contributed by atoms with Crippen LogP contribution in [0.2, 0.25) is 0 Å². The summed E-state index contributed by atoms with van der Waals surface area (Å²) in [6, 6.07) is 21.4. The molecule has 268 valence electrons. The number of carbonyl (C=O) groups excluding carboxylic acids is 3. The molecule has 1 aliphatic rings. The molecule has 0 spiro atoms. The van der Waals surface area contributed by atoms with Crippen LogP contribution in [-0.2, 0) is 23.7 Å². The average Bonchev–Trinajstić information content (AvgIpc) is 3.69. The summed E-state index contributed by atoms with van der Waals surface area (Å²) in [5.41, 5.74) is 8.75. The number of hydrogen-bond donors (Lipinski definition) is 3. The van der Waals surface area contributed by atoms with Gasteiger partial charge in [-0.25, -0.2) is 4.79 Å². The highest BCUT2D eigenvalue weighted by molar-refractivity contribution is 6.03. The Hall–Kier alpha value is -6.87. The van der Waals surface area contributed by atoms with Gasteiger partial charge in [0.1, 0.15) is 5.69 Å². The fraction of sp³-hybridized carbons (Fsp3) is 0.214. The molecule has 1 atom stereocenters. The van der Waals surface area contributed by atoms with Crippen molar-refractivity contribution in [1.82, 2.24) is 39.9 Å². The molecule has 0 aliphatic carbocycles. The quantitative estimate of drug-likeness (QED) is 0.153. The first kappa shape index (κ1) is 34.2. The number of imidazole rings is 1. The maximum absolute atomic E-state index is 12.9. The Balaban J connectivity index is 0.968. The van der Waals surface area contributed by atoms with Crippen LogP contribution in [0.25, 0.3) is 55.1 Å². The second-order valence-electron chi connectivity index (χ2n) is 13.9. The monoisotopic (exact) mass is 716 g/mol. The molecular formula is C42H36N8O4. The van der Waals surface area contributed by atoms with Crippen LogP contribution in [0.1, 0.15) is 65.8 Å². The number of rotatable bonds is 6. The van der Waals surface area contributed by atoms with Crippen molar-refractivity contribution in [2.75, 3.05) is 6.54 Å². The number of nitrogens with one attached hydrogen (secondary N) is 3. The van der Waals surface area contributed by atoms with Crippen LogP contribution in [0, 0.1) is 11.8 Å². The Morgan fingerprint density at radius 3 is 2.57 bits per heavy atom. The van der Waals surface area contributed by atoms with E-state index in [1.165, 1.54) is 0 Å². The smallest absolute Gasteiger partial charge is 0.328 e. The van der Waals surface area contributed by atoms with Gasteiger partial charge in [0.25, 0.3) is 5.91 Å². The van der Waals surface area contributed by atoms with Gasteiger partial charge in [0.05, 0.1) is 40.4 Å². The van der Waals surface area contributed by atoms with Crippen LogP contribution >= 0.6 is 0 Å². The molecule has 1 unspecified atom stereocenters. The first-order valence-corrected chi connectivity index (χ1v) is 17.7. The van der Waals surface area contributed by atoms with Gasteiger partial charge in [-0.05, 0) is 82.9 Å². The zero-order chi connectivity index (χ0) is 37.7. The maximum Gasteiger partial charge on any atom is 0.328 e. The molecule has 12 nitrogen and oxygen atoms in total. The van der Waals surface area contributed by atoms with Crippen molar-refractivity contribution in [3.63, 3.8) is 0 Å². The summed E-state index contributed by atoms with van der Waals surface area (Å²) >= 11 is 0. The van der Waals surface area contributed by atoms with E-state index in [1.807, 2.05) is 55.7 Å². The van der Waals surface area contributed by atoms with Gasteiger partial charge in [-0.1, -0.05) is 43.9 Å². The lowest BCUT2D eigenvalue weighted by molar-refractivity contribution is -0.134. The molecule has 54 heavy (non-hydrogen) atoms. The molecule has 0 radical (unpaired) electrons. The first-order valence-electron chi connectivity index (χ1n) is 17.7. The van der Waals surface area contributed by atoms with Gasteiger partial charge in [-0.2, -0.15) is 5.10 Å². The number of fused-ring (bicyclic) bond motifs is 3. The van der Waals surface area contributed by atoms with E-state index in [2.05, 4.69) is 69.7 Å². The fourth-order valence-electron chi connectivity index (χ4n) is 7.25. The Kier molecular flexibility index (Phi) is 8.62. The number of H-pyrrole nitrogens is 1. The van der Waals surface area contributed by atoms with Crippen LogP contribution in [-0.4, -0.2) is 53.6 Å². The number of hydrogen-bond acceptors (Lipinski definition) is 7. The van der Waals surface area contributed by atoms with Gasteiger partial charge in [-0.15, -0.1) is 0 Å². The summed E-state index contributed by atoms with van der Waals surface area (Å²) in [4.78, 5) is 58.9. The van der Waals surface area contributed by atoms with E-state index in [-0.39, 0.29) is 48.0 Å². The molecule has 1 fully saturated rings. The molecular weight excluding hydrogens is 681 g/mol. The van der Waals surface area contributed by atoms with E-state index in [9.17, 15) is 19.2 Å². The van der Waals surface area contributed by atoms with Crippen LogP contribution in [0.4, 0.5) is 0 Å². The minimum Gasteiger partial charge on any atom is -0.340 e.